The second-order valence-corrected chi connectivity index (χ2v) is 13.5. The summed E-state index contributed by atoms with van der Waals surface area (Å²) in [5.41, 5.74) is 1.50. The minimum atomic E-state index is -1.32. The molecule has 4 aromatic carbocycles. The maximum Gasteiger partial charge on any atom is 0.241 e. The van der Waals surface area contributed by atoms with Crippen molar-refractivity contribution in [3.8, 4) is 5.75 Å². The molecular formula is C40H31FN2O6. The number of halogens is 1. The van der Waals surface area contributed by atoms with E-state index in [0.717, 1.165) is 0 Å². The van der Waals surface area contributed by atoms with E-state index in [4.69, 9.17) is 0 Å². The first kappa shape index (κ1) is 30.6. The molecule has 9 heteroatoms. The zero-order valence-corrected chi connectivity index (χ0v) is 26.5. The number of anilines is 2. The van der Waals surface area contributed by atoms with E-state index in [-0.39, 0.29) is 24.5 Å². The molecule has 1 N–H and O–H groups in total. The van der Waals surface area contributed by atoms with Crippen LogP contribution >= 0.6 is 0 Å². The summed E-state index contributed by atoms with van der Waals surface area (Å²) < 4.78 is 14.9. The molecule has 8 rings (SSSR count). The van der Waals surface area contributed by atoms with Crippen molar-refractivity contribution in [1.82, 2.24) is 0 Å². The Morgan fingerprint density at radius 2 is 1.39 bits per heavy atom. The molecule has 0 bridgehead atoms. The molecule has 0 unspecified atom stereocenters. The number of amides is 4. The number of para-hydroxylation sites is 1. The molecule has 0 aromatic heterocycles. The van der Waals surface area contributed by atoms with Gasteiger partial charge in [0.2, 0.25) is 23.6 Å². The molecule has 2 aliphatic carbocycles. The fourth-order valence-electron chi connectivity index (χ4n) is 8.69. The number of aromatic hydroxyl groups is 1. The van der Waals surface area contributed by atoms with Crippen LogP contribution in [0.15, 0.2) is 115 Å². The first-order valence-electron chi connectivity index (χ1n) is 16.3. The molecule has 3 fully saturated rings. The summed E-state index contributed by atoms with van der Waals surface area (Å²) in [4.78, 5) is 72.3. The van der Waals surface area contributed by atoms with Gasteiger partial charge >= 0.3 is 0 Å². The lowest BCUT2D eigenvalue weighted by Crippen LogP contribution is -2.48. The van der Waals surface area contributed by atoms with Gasteiger partial charge in [-0.25, -0.2) is 9.29 Å². The third-order valence-corrected chi connectivity index (χ3v) is 11.0. The number of benzene rings is 4. The summed E-state index contributed by atoms with van der Waals surface area (Å²) >= 11 is 0. The number of rotatable bonds is 5. The van der Waals surface area contributed by atoms with Crippen LogP contribution in [0.4, 0.5) is 15.8 Å². The highest BCUT2D eigenvalue weighted by molar-refractivity contribution is 6.25. The number of phenols is 1. The average molecular weight is 655 g/mol. The number of hydrogen-bond donors (Lipinski definition) is 1. The highest BCUT2D eigenvalue weighted by atomic mass is 19.1. The molecule has 2 heterocycles. The van der Waals surface area contributed by atoms with Gasteiger partial charge < -0.3 is 5.11 Å². The number of fused-ring (bicyclic) bond motifs is 4. The van der Waals surface area contributed by atoms with Crippen molar-refractivity contribution in [3.05, 3.63) is 137 Å². The molecule has 2 aliphatic heterocycles. The van der Waals surface area contributed by atoms with Gasteiger partial charge in [-0.05, 0) is 79.8 Å². The fraction of sp³-hybridized carbons (Fsp3) is 0.225. The molecule has 1 saturated carbocycles. The quantitative estimate of drug-likeness (QED) is 0.156. The van der Waals surface area contributed by atoms with Gasteiger partial charge in [-0.15, -0.1) is 0 Å². The van der Waals surface area contributed by atoms with Crippen molar-refractivity contribution in [2.24, 2.45) is 29.1 Å². The number of phenolic OH excluding ortho intramolecular Hbond substituents is 1. The van der Waals surface area contributed by atoms with Gasteiger partial charge in [-0.2, -0.15) is 0 Å². The van der Waals surface area contributed by atoms with Crippen LogP contribution in [-0.4, -0.2) is 34.5 Å². The Labute approximate surface area is 281 Å². The zero-order valence-electron chi connectivity index (χ0n) is 26.5. The van der Waals surface area contributed by atoms with Gasteiger partial charge in [0.05, 0.1) is 34.5 Å². The van der Waals surface area contributed by atoms with E-state index in [1.54, 1.807) is 91.9 Å². The van der Waals surface area contributed by atoms with Crippen molar-refractivity contribution < 1.29 is 33.5 Å². The van der Waals surface area contributed by atoms with E-state index in [1.165, 1.54) is 21.9 Å². The Morgan fingerprint density at radius 3 is 2.06 bits per heavy atom. The summed E-state index contributed by atoms with van der Waals surface area (Å²) in [7, 11) is 0. The standard InChI is InChI=1S/C40H31FN2O6/c1-40-30(37(47)43(39(40)49)25-10-6-3-7-11-25)21-29-27(34(40)24-14-19-32(44)31(41)20-24)17-18-28-33(29)38(48)42(36(28)46)26-15-12-23(13-16-26)35(45)22-8-4-2-5-9-22/h2-17,19-20,28-30,33-34,44H,18,21H2,1H3/t28-,29+,30-,33-,34-,40+/m0/s1. The molecule has 0 radical (unpaired) electrons. The predicted octanol–water partition coefficient (Wildman–Crippen LogP) is 6.20. The molecule has 49 heavy (non-hydrogen) atoms. The van der Waals surface area contributed by atoms with Gasteiger partial charge in [0.1, 0.15) is 0 Å². The molecular weight excluding hydrogens is 623 g/mol. The van der Waals surface area contributed by atoms with Crippen LogP contribution in [0.1, 0.15) is 47.2 Å². The molecule has 4 amide bonds. The summed E-state index contributed by atoms with van der Waals surface area (Å²) in [5.74, 6) is -6.92. The molecule has 6 atom stereocenters. The molecule has 244 valence electrons. The lowest BCUT2D eigenvalue weighted by Gasteiger charge is -2.49. The van der Waals surface area contributed by atoms with Gasteiger partial charge in [0.25, 0.3) is 0 Å². The van der Waals surface area contributed by atoms with Crippen LogP contribution in [0.25, 0.3) is 0 Å². The van der Waals surface area contributed by atoms with Gasteiger partial charge in [0.15, 0.2) is 17.3 Å². The summed E-state index contributed by atoms with van der Waals surface area (Å²) in [6.45, 7) is 1.73. The van der Waals surface area contributed by atoms with Crippen LogP contribution in [0.3, 0.4) is 0 Å². The third kappa shape index (κ3) is 4.45. The Balaban J connectivity index is 1.18. The number of imide groups is 2. The maximum absolute atomic E-state index is 14.9. The highest BCUT2D eigenvalue weighted by Gasteiger charge is 2.67. The minimum absolute atomic E-state index is 0.159. The topological polar surface area (TPSA) is 112 Å². The SMILES string of the molecule is C[C@@]12C(=O)N(c3ccccc3)C(=O)[C@@H]1C[C@@H]1C(=CC[C@@H]3C(=O)N(c4ccc(C(=O)c5ccccc5)cc4)C(=O)[C@@H]31)[C@@H]2c1ccc(O)c(F)c1. The average Bonchev–Trinajstić information content (AvgIpc) is 3.49. The summed E-state index contributed by atoms with van der Waals surface area (Å²) in [6, 6.07) is 27.8. The number of allylic oxidation sites excluding steroid dienone is 2. The summed E-state index contributed by atoms with van der Waals surface area (Å²) in [5, 5.41) is 10.0. The van der Waals surface area contributed by atoms with E-state index in [1.807, 2.05) is 12.1 Å². The lowest BCUT2D eigenvalue weighted by molar-refractivity contribution is -0.131. The number of ketones is 1. The largest absolute Gasteiger partial charge is 0.505 e. The van der Waals surface area contributed by atoms with E-state index in [0.29, 0.717) is 33.6 Å². The fourth-order valence-corrected chi connectivity index (χ4v) is 8.69. The van der Waals surface area contributed by atoms with Crippen LogP contribution in [0, 0.1) is 34.9 Å². The number of hydrogen-bond acceptors (Lipinski definition) is 6. The molecule has 4 aliphatic rings. The van der Waals surface area contributed by atoms with Gasteiger partial charge in [-0.1, -0.05) is 66.2 Å². The normalized spacial score (nSPS) is 27.5. The highest BCUT2D eigenvalue weighted by Crippen LogP contribution is 2.63. The molecule has 8 nitrogen and oxygen atoms in total. The Kier molecular flexibility index (Phi) is 6.99. The van der Waals surface area contributed by atoms with Crippen LogP contribution in [0.5, 0.6) is 5.75 Å². The minimum Gasteiger partial charge on any atom is -0.505 e. The molecule has 0 spiro atoms. The van der Waals surface area contributed by atoms with Crippen molar-refractivity contribution in [2.45, 2.75) is 25.7 Å². The third-order valence-electron chi connectivity index (χ3n) is 11.0. The van der Waals surface area contributed by atoms with Crippen molar-refractivity contribution in [3.63, 3.8) is 0 Å². The van der Waals surface area contributed by atoms with Crippen molar-refractivity contribution >= 4 is 40.8 Å². The molecule has 2 saturated heterocycles. The first-order chi connectivity index (χ1) is 23.6. The Morgan fingerprint density at radius 1 is 0.755 bits per heavy atom. The zero-order chi connectivity index (χ0) is 34.2. The van der Waals surface area contributed by atoms with E-state index >= 15 is 0 Å². The van der Waals surface area contributed by atoms with Gasteiger partial charge in [0, 0.05) is 17.0 Å². The number of carbonyl (C=O) groups excluding carboxylic acids is 5. The van der Waals surface area contributed by atoms with Crippen molar-refractivity contribution in [1.29, 1.82) is 0 Å². The van der Waals surface area contributed by atoms with E-state index in [2.05, 4.69) is 0 Å². The number of nitrogens with zero attached hydrogens (tertiary/aromatic N) is 2. The maximum atomic E-state index is 14.9. The second-order valence-electron chi connectivity index (χ2n) is 13.5. The van der Waals surface area contributed by atoms with Crippen LogP contribution in [-0.2, 0) is 19.2 Å². The predicted molar refractivity (Wildman–Crippen MR) is 178 cm³/mol. The smallest absolute Gasteiger partial charge is 0.241 e. The molecule has 4 aromatic rings. The van der Waals surface area contributed by atoms with Crippen LogP contribution in [0.2, 0.25) is 0 Å². The second kappa shape index (κ2) is 11.2. The van der Waals surface area contributed by atoms with E-state index in [9.17, 15) is 33.5 Å². The van der Waals surface area contributed by atoms with Gasteiger partial charge in [-0.3, -0.25) is 28.9 Å². The van der Waals surface area contributed by atoms with E-state index < -0.39 is 64.3 Å². The summed E-state index contributed by atoms with van der Waals surface area (Å²) in [6.07, 6.45) is 2.28. The van der Waals surface area contributed by atoms with Crippen molar-refractivity contribution in [2.75, 3.05) is 9.80 Å². The Hall–Kier alpha value is -5.70. The van der Waals surface area contributed by atoms with Crippen LogP contribution < -0.4 is 9.80 Å². The first-order valence-corrected chi connectivity index (χ1v) is 16.3. The number of carbonyl (C=O) groups is 5. The lowest BCUT2D eigenvalue weighted by atomic mass is 9.51. The monoisotopic (exact) mass is 654 g/mol. The Bertz CT molecular complexity index is 2100.